The number of piperidine rings is 1. The van der Waals surface area contributed by atoms with Gasteiger partial charge in [-0.3, -0.25) is 4.98 Å². The van der Waals surface area contributed by atoms with Crippen molar-refractivity contribution in [1.29, 1.82) is 0 Å². The number of hydrogen-bond acceptors (Lipinski definition) is 8. The molecule has 1 aromatic rings. The summed E-state index contributed by atoms with van der Waals surface area (Å²) < 4.78 is 11.5. The molecule has 0 atom stereocenters. The van der Waals surface area contributed by atoms with Gasteiger partial charge in [0.25, 0.3) is 0 Å². The van der Waals surface area contributed by atoms with Gasteiger partial charge in [-0.25, -0.2) is 9.79 Å². The Morgan fingerprint density at radius 3 is 2.75 bits per heavy atom. The predicted molar refractivity (Wildman–Crippen MR) is 123 cm³/mol. The van der Waals surface area contributed by atoms with Crippen LogP contribution in [0.15, 0.2) is 28.7 Å². The van der Waals surface area contributed by atoms with Crippen molar-refractivity contribution in [3.63, 3.8) is 0 Å². The van der Waals surface area contributed by atoms with Crippen LogP contribution in [0.2, 0.25) is 0 Å². The highest BCUT2D eigenvalue weighted by molar-refractivity contribution is 5.98. The van der Waals surface area contributed by atoms with Gasteiger partial charge in [-0.05, 0) is 59.1 Å². The fourth-order valence-corrected chi connectivity index (χ4v) is 4.38. The van der Waals surface area contributed by atoms with Crippen molar-refractivity contribution in [3.05, 3.63) is 35.1 Å². The van der Waals surface area contributed by atoms with Crippen molar-refractivity contribution in [2.75, 3.05) is 38.2 Å². The number of anilines is 1. The van der Waals surface area contributed by atoms with E-state index in [2.05, 4.69) is 20.5 Å². The molecule has 0 radical (unpaired) electrons. The fraction of sp³-hybridized carbons (Fsp3) is 0.609. The van der Waals surface area contributed by atoms with E-state index < -0.39 is 0 Å². The van der Waals surface area contributed by atoms with Gasteiger partial charge in [0.05, 0.1) is 24.1 Å². The molecule has 0 spiro atoms. The average molecular weight is 443 g/mol. The fourth-order valence-electron chi connectivity index (χ4n) is 4.38. The third-order valence-electron chi connectivity index (χ3n) is 5.96. The second-order valence-corrected chi connectivity index (χ2v) is 8.78. The van der Waals surface area contributed by atoms with Gasteiger partial charge in [0, 0.05) is 31.4 Å². The highest BCUT2D eigenvalue weighted by Gasteiger charge is 2.34. The Balaban J connectivity index is 1.49. The summed E-state index contributed by atoms with van der Waals surface area (Å²) in [6, 6.07) is 4.35. The van der Waals surface area contributed by atoms with E-state index in [1.807, 2.05) is 44.7 Å². The number of hydrogen-bond donors (Lipinski definition) is 2. The van der Waals surface area contributed by atoms with E-state index in [1.54, 1.807) is 0 Å². The molecule has 3 aliphatic rings. The highest BCUT2D eigenvalue weighted by Crippen LogP contribution is 2.26. The quantitative estimate of drug-likeness (QED) is 0.741. The van der Waals surface area contributed by atoms with Crippen molar-refractivity contribution in [1.82, 2.24) is 20.1 Å². The molecule has 4 heterocycles. The summed E-state index contributed by atoms with van der Waals surface area (Å²) in [6.45, 7) is 11.1. The van der Waals surface area contributed by atoms with Gasteiger partial charge in [0.15, 0.2) is 11.7 Å². The molecule has 2 N–H and O–H groups in total. The molecular formula is C23H34N6O3. The smallest absolute Gasteiger partial charge is 0.410 e. The Kier molecular flexibility index (Phi) is 6.72. The Hall–Kier alpha value is -2.97. The first-order valence-corrected chi connectivity index (χ1v) is 11.5. The number of likely N-dealkylation sites (tertiary alicyclic amines) is 1. The van der Waals surface area contributed by atoms with E-state index in [0.29, 0.717) is 32.4 Å². The molecule has 1 amide bonds. The molecule has 4 rings (SSSR count). The SMILES string of the molecule is Cc1ccc(NC2=C3OCCCN(C4CCN(C(=O)OC(C)C)CC4)C3=NCN2)c(C)n1. The minimum atomic E-state index is -0.217. The zero-order valence-electron chi connectivity index (χ0n) is 19.5. The standard InChI is InChI=1S/C23H34N6O3/c1-15(2)32-23(30)28-11-8-18(9-12-28)29-10-5-13-31-20-21(24-14-25-22(20)29)27-19-7-6-16(3)26-17(19)4/h6-7,15,18,24,27H,5,8-14H2,1-4H3. The molecule has 0 saturated carbocycles. The van der Waals surface area contributed by atoms with Gasteiger partial charge in [-0.1, -0.05) is 0 Å². The molecule has 1 aromatic heterocycles. The summed E-state index contributed by atoms with van der Waals surface area (Å²) in [5, 5.41) is 6.80. The van der Waals surface area contributed by atoms with Crippen LogP contribution in [-0.2, 0) is 9.47 Å². The average Bonchev–Trinajstić information content (AvgIpc) is 2.98. The number of carbonyl (C=O) groups excluding carboxylic acids is 1. The van der Waals surface area contributed by atoms with Crippen molar-refractivity contribution in [3.8, 4) is 0 Å². The summed E-state index contributed by atoms with van der Waals surface area (Å²) in [4.78, 5) is 25.8. The number of nitrogens with zero attached hydrogens (tertiary/aromatic N) is 4. The molecule has 3 aliphatic heterocycles. The van der Waals surface area contributed by atoms with Gasteiger partial charge >= 0.3 is 6.09 Å². The van der Waals surface area contributed by atoms with Gasteiger partial charge < -0.3 is 29.9 Å². The van der Waals surface area contributed by atoms with Crippen LogP contribution in [0, 0.1) is 13.8 Å². The lowest BCUT2D eigenvalue weighted by Gasteiger charge is -2.40. The number of carbonyl (C=O) groups is 1. The molecule has 32 heavy (non-hydrogen) atoms. The number of nitrogens with one attached hydrogen (secondary N) is 2. The minimum Gasteiger partial charge on any atom is -0.486 e. The maximum atomic E-state index is 12.3. The number of pyridine rings is 1. The highest BCUT2D eigenvalue weighted by atomic mass is 16.6. The van der Waals surface area contributed by atoms with Crippen molar-refractivity contribution >= 4 is 17.6 Å². The molecule has 9 nitrogen and oxygen atoms in total. The number of rotatable bonds is 4. The summed E-state index contributed by atoms with van der Waals surface area (Å²) in [7, 11) is 0. The molecule has 0 aromatic carbocycles. The number of amides is 1. The Morgan fingerprint density at radius 1 is 1.25 bits per heavy atom. The molecule has 174 valence electrons. The monoisotopic (exact) mass is 442 g/mol. The Labute approximate surface area is 189 Å². The largest absolute Gasteiger partial charge is 0.486 e. The first-order chi connectivity index (χ1) is 15.4. The van der Waals surface area contributed by atoms with Gasteiger partial charge in [-0.15, -0.1) is 0 Å². The van der Waals surface area contributed by atoms with E-state index in [4.69, 9.17) is 14.5 Å². The van der Waals surface area contributed by atoms with Crippen LogP contribution in [0.4, 0.5) is 10.5 Å². The van der Waals surface area contributed by atoms with E-state index >= 15 is 0 Å². The third kappa shape index (κ3) is 4.92. The van der Waals surface area contributed by atoms with E-state index in [9.17, 15) is 4.79 Å². The Bertz CT molecular complexity index is 905. The number of aliphatic imine (C=N–C) groups is 1. The second kappa shape index (κ2) is 9.67. The zero-order valence-corrected chi connectivity index (χ0v) is 19.5. The molecule has 2 saturated heterocycles. The summed E-state index contributed by atoms with van der Waals surface area (Å²) in [5.74, 6) is 2.48. The van der Waals surface area contributed by atoms with Crippen molar-refractivity contribution in [2.24, 2.45) is 4.99 Å². The van der Waals surface area contributed by atoms with Crippen molar-refractivity contribution < 1.29 is 14.3 Å². The lowest BCUT2D eigenvalue weighted by Crippen LogP contribution is -2.50. The summed E-state index contributed by atoms with van der Waals surface area (Å²) in [5.41, 5.74) is 2.88. The lowest BCUT2D eigenvalue weighted by atomic mass is 10.0. The maximum absolute atomic E-state index is 12.3. The lowest BCUT2D eigenvalue weighted by molar-refractivity contribution is 0.0626. The molecule has 0 unspecified atom stereocenters. The first kappa shape index (κ1) is 22.2. The predicted octanol–water partition coefficient (Wildman–Crippen LogP) is 2.97. The van der Waals surface area contributed by atoms with E-state index in [0.717, 1.165) is 60.3 Å². The summed E-state index contributed by atoms with van der Waals surface area (Å²) >= 11 is 0. The van der Waals surface area contributed by atoms with Crippen LogP contribution in [0.3, 0.4) is 0 Å². The topological polar surface area (TPSA) is 91.3 Å². The molecule has 2 fully saturated rings. The molecule has 0 bridgehead atoms. The van der Waals surface area contributed by atoms with E-state index in [-0.39, 0.29) is 12.2 Å². The van der Waals surface area contributed by atoms with Crippen LogP contribution >= 0.6 is 0 Å². The van der Waals surface area contributed by atoms with Crippen LogP contribution < -0.4 is 10.6 Å². The number of ether oxygens (including phenoxy) is 2. The first-order valence-electron chi connectivity index (χ1n) is 11.5. The van der Waals surface area contributed by atoms with Crippen LogP contribution in [0.5, 0.6) is 0 Å². The van der Waals surface area contributed by atoms with Gasteiger partial charge in [0.1, 0.15) is 6.67 Å². The van der Waals surface area contributed by atoms with Crippen LogP contribution in [0.1, 0.15) is 44.5 Å². The van der Waals surface area contributed by atoms with Gasteiger partial charge in [0.2, 0.25) is 5.76 Å². The minimum absolute atomic E-state index is 0.0990. The molecule has 9 heteroatoms. The van der Waals surface area contributed by atoms with E-state index in [1.165, 1.54) is 0 Å². The third-order valence-corrected chi connectivity index (χ3v) is 5.96. The molecular weight excluding hydrogens is 408 g/mol. The normalized spacial score (nSPS) is 19.6. The molecule has 0 aliphatic carbocycles. The zero-order chi connectivity index (χ0) is 22.7. The maximum Gasteiger partial charge on any atom is 0.410 e. The number of amidine groups is 1. The number of fused-ring (bicyclic) bond motifs is 1. The van der Waals surface area contributed by atoms with Crippen LogP contribution in [-0.4, -0.2) is 71.8 Å². The van der Waals surface area contributed by atoms with Crippen LogP contribution in [0.25, 0.3) is 0 Å². The van der Waals surface area contributed by atoms with Crippen molar-refractivity contribution in [2.45, 2.75) is 59.1 Å². The summed E-state index contributed by atoms with van der Waals surface area (Å²) in [6.07, 6.45) is 2.38. The Morgan fingerprint density at radius 2 is 2.03 bits per heavy atom. The number of aryl methyl sites for hydroxylation is 2. The van der Waals surface area contributed by atoms with Gasteiger partial charge in [-0.2, -0.15) is 0 Å². The number of aromatic nitrogens is 1. The second-order valence-electron chi connectivity index (χ2n) is 8.78.